The quantitative estimate of drug-likeness (QED) is 0.818. The van der Waals surface area contributed by atoms with Crippen molar-refractivity contribution in [2.75, 3.05) is 19.8 Å². The monoisotopic (exact) mass is 310 g/mol. The maximum atomic E-state index is 13.3. The summed E-state index contributed by atoms with van der Waals surface area (Å²) in [4.78, 5) is 16.0. The van der Waals surface area contributed by atoms with Gasteiger partial charge in [-0.05, 0) is 30.9 Å². The summed E-state index contributed by atoms with van der Waals surface area (Å²) in [5.41, 5.74) is 0. The molecule has 1 aliphatic heterocycles. The van der Waals surface area contributed by atoms with Gasteiger partial charge < -0.3 is 14.8 Å². The molecule has 0 bridgehead atoms. The molecular formula is C16H23FN2O3. The molecule has 2 heterocycles. The van der Waals surface area contributed by atoms with Gasteiger partial charge in [-0.3, -0.25) is 4.79 Å². The summed E-state index contributed by atoms with van der Waals surface area (Å²) in [7, 11) is 0. The maximum Gasteiger partial charge on any atom is 0.250 e. The molecule has 22 heavy (non-hydrogen) atoms. The lowest BCUT2D eigenvalue weighted by atomic mass is 9.87. The minimum Gasteiger partial charge on any atom is -0.474 e. The number of rotatable bonds is 6. The van der Waals surface area contributed by atoms with Crippen LogP contribution in [0.1, 0.15) is 26.7 Å². The number of halogens is 1. The lowest BCUT2D eigenvalue weighted by Crippen LogP contribution is -2.44. The van der Waals surface area contributed by atoms with Gasteiger partial charge in [-0.2, -0.15) is 0 Å². The second kappa shape index (κ2) is 8.08. The lowest BCUT2D eigenvalue weighted by molar-refractivity contribution is -0.137. The van der Waals surface area contributed by atoms with Crippen molar-refractivity contribution in [3.8, 4) is 5.88 Å². The molecule has 5 nitrogen and oxygen atoms in total. The third-order valence-electron chi connectivity index (χ3n) is 3.72. The van der Waals surface area contributed by atoms with Crippen molar-refractivity contribution in [3.05, 3.63) is 24.1 Å². The van der Waals surface area contributed by atoms with Crippen LogP contribution in [0.3, 0.4) is 0 Å². The fourth-order valence-corrected chi connectivity index (χ4v) is 2.67. The lowest BCUT2D eigenvalue weighted by Gasteiger charge is -2.33. The van der Waals surface area contributed by atoms with Crippen LogP contribution >= 0.6 is 0 Å². The van der Waals surface area contributed by atoms with Crippen LogP contribution in [0.2, 0.25) is 0 Å². The van der Waals surface area contributed by atoms with Crippen molar-refractivity contribution < 1.29 is 18.7 Å². The van der Waals surface area contributed by atoms with Gasteiger partial charge in [0, 0.05) is 12.8 Å². The Kier molecular flexibility index (Phi) is 6.12. The third kappa shape index (κ3) is 4.40. The highest BCUT2D eigenvalue weighted by atomic mass is 19.1. The van der Waals surface area contributed by atoms with Gasteiger partial charge in [0.1, 0.15) is 6.61 Å². The van der Waals surface area contributed by atoms with E-state index in [4.69, 9.17) is 9.47 Å². The molecule has 1 aromatic rings. The van der Waals surface area contributed by atoms with E-state index < -0.39 is 5.82 Å². The number of hydrogen-bond donors (Lipinski definition) is 1. The molecule has 1 aliphatic rings. The van der Waals surface area contributed by atoms with E-state index in [1.807, 2.05) is 0 Å². The molecule has 1 N–H and O–H groups in total. The zero-order valence-corrected chi connectivity index (χ0v) is 13.0. The Balaban J connectivity index is 1.76. The Bertz CT molecular complexity index is 496. The van der Waals surface area contributed by atoms with E-state index in [1.165, 1.54) is 18.3 Å². The van der Waals surface area contributed by atoms with E-state index in [0.29, 0.717) is 19.1 Å². The van der Waals surface area contributed by atoms with E-state index in [0.717, 1.165) is 12.8 Å². The van der Waals surface area contributed by atoms with Crippen molar-refractivity contribution in [2.24, 2.45) is 11.8 Å². The van der Waals surface area contributed by atoms with Crippen LogP contribution in [0.4, 0.5) is 4.39 Å². The van der Waals surface area contributed by atoms with Crippen LogP contribution in [-0.4, -0.2) is 36.8 Å². The molecule has 1 aromatic heterocycles. The Morgan fingerprint density at radius 1 is 1.59 bits per heavy atom. The standard InChI is InChI=1S/C16H23FN2O3/c1-11(2)14-12(5-4-9-21-14)15(20)18-8-10-22-16-13(17)6-3-7-19-16/h3,6-7,11-12,14H,4-5,8-10H2,1-2H3,(H,18,20). The predicted octanol–water partition coefficient (Wildman–Crippen LogP) is 2.17. The first-order chi connectivity index (χ1) is 10.6. The van der Waals surface area contributed by atoms with E-state index >= 15 is 0 Å². The Morgan fingerprint density at radius 3 is 3.14 bits per heavy atom. The Hall–Kier alpha value is -1.69. The van der Waals surface area contributed by atoms with E-state index in [2.05, 4.69) is 24.1 Å². The van der Waals surface area contributed by atoms with Gasteiger partial charge >= 0.3 is 0 Å². The highest BCUT2D eigenvalue weighted by Crippen LogP contribution is 2.26. The normalized spacial score (nSPS) is 21.6. The van der Waals surface area contributed by atoms with E-state index in [-0.39, 0.29) is 30.4 Å². The van der Waals surface area contributed by atoms with E-state index in [9.17, 15) is 9.18 Å². The minimum atomic E-state index is -0.505. The number of nitrogens with zero attached hydrogens (tertiary/aromatic N) is 1. The first kappa shape index (κ1) is 16.7. The van der Waals surface area contributed by atoms with Crippen LogP contribution < -0.4 is 10.1 Å². The van der Waals surface area contributed by atoms with Crippen LogP contribution in [0, 0.1) is 17.7 Å². The smallest absolute Gasteiger partial charge is 0.250 e. The summed E-state index contributed by atoms with van der Waals surface area (Å²) < 4.78 is 24.2. The molecule has 2 atom stereocenters. The number of nitrogens with one attached hydrogen (secondary N) is 1. The van der Waals surface area contributed by atoms with Crippen LogP contribution in [-0.2, 0) is 9.53 Å². The molecular weight excluding hydrogens is 287 g/mol. The zero-order chi connectivity index (χ0) is 15.9. The fraction of sp³-hybridized carbons (Fsp3) is 0.625. The topological polar surface area (TPSA) is 60.5 Å². The molecule has 0 saturated carbocycles. The highest BCUT2D eigenvalue weighted by molar-refractivity contribution is 5.79. The first-order valence-corrected chi connectivity index (χ1v) is 7.72. The van der Waals surface area contributed by atoms with Gasteiger partial charge in [0.05, 0.1) is 18.6 Å². The van der Waals surface area contributed by atoms with Gasteiger partial charge in [0.25, 0.3) is 0 Å². The molecule has 1 fully saturated rings. The van der Waals surface area contributed by atoms with E-state index in [1.54, 1.807) is 0 Å². The van der Waals surface area contributed by atoms with Crippen LogP contribution in [0.5, 0.6) is 5.88 Å². The van der Waals surface area contributed by atoms with Gasteiger partial charge in [0.15, 0.2) is 5.82 Å². The van der Waals surface area contributed by atoms with Crippen LogP contribution in [0.15, 0.2) is 18.3 Å². The second-order valence-electron chi connectivity index (χ2n) is 5.76. The average molecular weight is 310 g/mol. The van der Waals surface area contributed by atoms with Crippen molar-refractivity contribution >= 4 is 5.91 Å². The highest BCUT2D eigenvalue weighted by Gasteiger charge is 2.33. The number of amides is 1. The molecule has 1 saturated heterocycles. The number of ether oxygens (including phenoxy) is 2. The molecule has 0 spiro atoms. The number of hydrogen-bond acceptors (Lipinski definition) is 4. The van der Waals surface area contributed by atoms with Crippen LogP contribution in [0.25, 0.3) is 0 Å². The predicted molar refractivity (Wildman–Crippen MR) is 80.0 cm³/mol. The summed E-state index contributed by atoms with van der Waals surface area (Å²) in [5.74, 6) is -0.397. The van der Waals surface area contributed by atoms with Gasteiger partial charge in [-0.1, -0.05) is 13.8 Å². The summed E-state index contributed by atoms with van der Waals surface area (Å²) in [5, 5.41) is 2.83. The molecule has 0 aromatic carbocycles. The zero-order valence-electron chi connectivity index (χ0n) is 13.0. The molecule has 2 unspecified atom stereocenters. The molecule has 2 rings (SSSR count). The summed E-state index contributed by atoms with van der Waals surface area (Å²) in [6.07, 6.45) is 3.16. The summed E-state index contributed by atoms with van der Waals surface area (Å²) in [6.45, 7) is 5.33. The SMILES string of the molecule is CC(C)C1OCCCC1C(=O)NCCOc1ncccc1F. The van der Waals surface area contributed by atoms with Crippen molar-refractivity contribution in [2.45, 2.75) is 32.8 Å². The van der Waals surface area contributed by atoms with Crippen molar-refractivity contribution in [1.82, 2.24) is 10.3 Å². The Labute approximate surface area is 130 Å². The number of pyridine rings is 1. The second-order valence-corrected chi connectivity index (χ2v) is 5.76. The maximum absolute atomic E-state index is 13.3. The van der Waals surface area contributed by atoms with Crippen molar-refractivity contribution in [3.63, 3.8) is 0 Å². The molecule has 0 aliphatic carbocycles. The van der Waals surface area contributed by atoms with Crippen molar-refractivity contribution in [1.29, 1.82) is 0 Å². The largest absolute Gasteiger partial charge is 0.474 e. The van der Waals surface area contributed by atoms with Gasteiger partial charge in [0.2, 0.25) is 11.8 Å². The summed E-state index contributed by atoms with van der Waals surface area (Å²) in [6, 6.07) is 2.78. The average Bonchev–Trinajstić information content (AvgIpc) is 2.52. The third-order valence-corrected chi connectivity index (χ3v) is 3.72. The minimum absolute atomic E-state index is 0.0245. The summed E-state index contributed by atoms with van der Waals surface area (Å²) >= 11 is 0. The molecule has 6 heteroatoms. The number of aromatic nitrogens is 1. The number of carbonyl (C=O) groups excluding carboxylic acids is 1. The molecule has 1 amide bonds. The number of carbonyl (C=O) groups is 1. The fourth-order valence-electron chi connectivity index (χ4n) is 2.67. The molecule has 0 radical (unpaired) electrons. The first-order valence-electron chi connectivity index (χ1n) is 7.72. The Morgan fingerprint density at radius 2 is 2.41 bits per heavy atom. The molecule has 122 valence electrons. The van der Waals surface area contributed by atoms with Gasteiger partial charge in [-0.25, -0.2) is 9.37 Å². The van der Waals surface area contributed by atoms with Gasteiger partial charge in [-0.15, -0.1) is 0 Å².